The predicted molar refractivity (Wildman–Crippen MR) is 70.6 cm³/mol. The van der Waals surface area contributed by atoms with Crippen molar-refractivity contribution in [3.05, 3.63) is 35.9 Å². The molecule has 0 aliphatic rings. The van der Waals surface area contributed by atoms with Crippen LogP contribution in [-0.4, -0.2) is 18.6 Å². The molecule has 4 heteroatoms. The smallest absolute Gasteiger partial charge is 0.186 e. The van der Waals surface area contributed by atoms with Gasteiger partial charge in [0.15, 0.2) is 5.96 Å². The first-order valence-electron chi connectivity index (χ1n) is 5.92. The third-order valence-corrected chi connectivity index (χ3v) is 2.38. The number of nitrogens with zero attached hydrogens (tertiary/aromatic N) is 1. The lowest BCUT2D eigenvalue weighted by Crippen LogP contribution is -2.27. The number of guanidine groups is 1. The van der Waals surface area contributed by atoms with E-state index in [-0.39, 0.29) is 12.0 Å². The predicted octanol–water partition coefficient (Wildman–Crippen LogP) is 1.65. The average Bonchev–Trinajstić information content (AvgIpc) is 2.30. The molecule has 1 rings (SSSR count). The Morgan fingerprint density at radius 1 is 1.29 bits per heavy atom. The Morgan fingerprint density at radius 3 is 2.59 bits per heavy atom. The summed E-state index contributed by atoms with van der Waals surface area (Å²) in [6.07, 6.45) is 1.98. The molecule has 0 aliphatic heterocycles. The summed E-state index contributed by atoms with van der Waals surface area (Å²) < 4.78 is 5.62. The summed E-state index contributed by atoms with van der Waals surface area (Å²) in [6.45, 7) is 3.26. The maximum absolute atomic E-state index is 5.62. The summed E-state index contributed by atoms with van der Waals surface area (Å²) in [4.78, 5) is 4.15. The minimum absolute atomic E-state index is 0.0636. The second-order valence-electron chi connectivity index (χ2n) is 4.00. The van der Waals surface area contributed by atoms with E-state index in [4.69, 9.17) is 16.2 Å². The summed E-state index contributed by atoms with van der Waals surface area (Å²) in [7, 11) is 0. The zero-order valence-corrected chi connectivity index (χ0v) is 10.3. The van der Waals surface area contributed by atoms with Gasteiger partial charge in [-0.1, -0.05) is 43.7 Å². The maximum atomic E-state index is 5.62. The SMILES string of the molecule is CCCC(COCc1ccccc1)N=C(N)N. The molecule has 0 fully saturated rings. The molecule has 17 heavy (non-hydrogen) atoms. The normalized spacial score (nSPS) is 12.1. The summed E-state index contributed by atoms with van der Waals surface area (Å²) in [5.74, 6) is 0.131. The molecule has 0 amide bonds. The van der Waals surface area contributed by atoms with Gasteiger partial charge in [0.1, 0.15) is 0 Å². The van der Waals surface area contributed by atoms with Gasteiger partial charge in [0.2, 0.25) is 0 Å². The third kappa shape index (κ3) is 5.92. The third-order valence-electron chi connectivity index (χ3n) is 2.38. The van der Waals surface area contributed by atoms with E-state index in [0.717, 1.165) is 18.4 Å². The average molecular weight is 235 g/mol. The second kappa shape index (κ2) is 7.68. The molecule has 0 spiro atoms. The fourth-order valence-corrected chi connectivity index (χ4v) is 1.62. The highest BCUT2D eigenvalue weighted by Crippen LogP contribution is 2.05. The van der Waals surface area contributed by atoms with Gasteiger partial charge in [-0.15, -0.1) is 0 Å². The van der Waals surface area contributed by atoms with Crippen LogP contribution in [0.1, 0.15) is 25.3 Å². The van der Waals surface area contributed by atoms with Gasteiger partial charge >= 0.3 is 0 Å². The number of benzene rings is 1. The van der Waals surface area contributed by atoms with Crippen LogP contribution < -0.4 is 11.5 Å². The lowest BCUT2D eigenvalue weighted by Gasteiger charge is -2.12. The Hall–Kier alpha value is -1.55. The van der Waals surface area contributed by atoms with Crippen LogP contribution in [0.5, 0.6) is 0 Å². The number of nitrogens with two attached hydrogens (primary N) is 2. The van der Waals surface area contributed by atoms with Gasteiger partial charge in [-0.25, -0.2) is 4.99 Å². The fourth-order valence-electron chi connectivity index (χ4n) is 1.62. The Kier molecular flexibility index (Phi) is 6.10. The summed E-state index contributed by atoms with van der Waals surface area (Å²) in [5.41, 5.74) is 11.9. The topological polar surface area (TPSA) is 73.6 Å². The first-order valence-corrected chi connectivity index (χ1v) is 5.92. The molecule has 1 aromatic carbocycles. The molecule has 0 aliphatic carbocycles. The highest BCUT2D eigenvalue weighted by molar-refractivity contribution is 5.75. The van der Waals surface area contributed by atoms with E-state index < -0.39 is 0 Å². The van der Waals surface area contributed by atoms with Crippen molar-refractivity contribution >= 4 is 5.96 Å². The molecule has 0 radical (unpaired) electrons. The monoisotopic (exact) mass is 235 g/mol. The second-order valence-corrected chi connectivity index (χ2v) is 4.00. The Balaban J connectivity index is 2.34. The molecular weight excluding hydrogens is 214 g/mol. The van der Waals surface area contributed by atoms with Crippen LogP contribution in [0.4, 0.5) is 0 Å². The van der Waals surface area contributed by atoms with Gasteiger partial charge in [0, 0.05) is 0 Å². The quantitative estimate of drug-likeness (QED) is 0.557. The molecule has 0 aromatic heterocycles. The van der Waals surface area contributed by atoms with E-state index in [0.29, 0.717) is 13.2 Å². The number of aliphatic imine (C=N–C) groups is 1. The number of hydrogen-bond acceptors (Lipinski definition) is 2. The Bertz CT molecular complexity index is 334. The molecule has 94 valence electrons. The molecule has 1 atom stereocenters. The van der Waals surface area contributed by atoms with Crippen molar-refractivity contribution in [2.45, 2.75) is 32.4 Å². The van der Waals surface area contributed by atoms with Crippen LogP contribution in [0.2, 0.25) is 0 Å². The zero-order valence-electron chi connectivity index (χ0n) is 10.3. The summed E-state index contributed by atoms with van der Waals surface area (Å²) >= 11 is 0. The zero-order chi connectivity index (χ0) is 12.5. The molecule has 0 saturated carbocycles. The van der Waals surface area contributed by atoms with Crippen molar-refractivity contribution in [3.8, 4) is 0 Å². The van der Waals surface area contributed by atoms with Gasteiger partial charge < -0.3 is 16.2 Å². The van der Waals surface area contributed by atoms with Gasteiger partial charge in [0.25, 0.3) is 0 Å². The molecule has 4 N–H and O–H groups in total. The molecule has 0 bridgehead atoms. The molecular formula is C13H21N3O. The number of rotatable bonds is 7. The van der Waals surface area contributed by atoms with Crippen molar-refractivity contribution in [2.24, 2.45) is 16.5 Å². The van der Waals surface area contributed by atoms with Gasteiger partial charge in [-0.2, -0.15) is 0 Å². The van der Waals surface area contributed by atoms with E-state index in [2.05, 4.69) is 11.9 Å². The van der Waals surface area contributed by atoms with Crippen LogP contribution in [-0.2, 0) is 11.3 Å². The summed E-state index contributed by atoms with van der Waals surface area (Å²) in [5, 5.41) is 0. The minimum atomic E-state index is 0.0636. The highest BCUT2D eigenvalue weighted by Gasteiger charge is 2.06. The van der Waals surface area contributed by atoms with Crippen LogP contribution in [0, 0.1) is 0 Å². The highest BCUT2D eigenvalue weighted by atomic mass is 16.5. The van der Waals surface area contributed by atoms with Gasteiger partial charge in [-0.05, 0) is 12.0 Å². The standard InChI is InChI=1S/C13H21N3O/c1-2-6-12(16-13(14)15)10-17-9-11-7-4-3-5-8-11/h3-5,7-8,12H,2,6,9-10H2,1H3,(H4,14,15,16). The van der Waals surface area contributed by atoms with Crippen molar-refractivity contribution in [3.63, 3.8) is 0 Å². The first-order chi connectivity index (χ1) is 8.22. The first kappa shape index (κ1) is 13.5. The largest absolute Gasteiger partial charge is 0.375 e. The van der Waals surface area contributed by atoms with E-state index in [1.54, 1.807) is 0 Å². The lowest BCUT2D eigenvalue weighted by molar-refractivity contribution is 0.106. The lowest BCUT2D eigenvalue weighted by atomic mass is 10.2. The number of ether oxygens (including phenoxy) is 1. The molecule has 0 saturated heterocycles. The molecule has 1 unspecified atom stereocenters. The number of hydrogen-bond donors (Lipinski definition) is 2. The van der Waals surface area contributed by atoms with Crippen molar-refractivity contribution in [2.75, 3.05) is 6.61 Å². The van der Waals surface area contributed by atoms with Crippen molar-refractivity contribution in [1.29, 1.82) is 0 Å². The van der Waals surface area contributed by atoms with Gasteiger partial charge in [-0.3, -0.25) is 0 Å². The fraction of sp³-hybridized carbons (Fsp3) is 0.462. The maximum Gasteiger partial charge on any atom is 0.186 e. The van der Waals surface area contributed by atoms with E-state index >= 15 is 0 Å². The Labute approximate surface area is 103 Å². The van der Waals surface area contributed by atoms with Crippen LogP contribution in [0.3, 0.4) is 0 Å². The van der Waals surface area contributed by atoms with Crippen molar-refractivity contribution in [1.82, 2.24) is 0 Å². The van der Waals surface area contributed by atoms with Crippen LogP contribution in [0.15, 0.2) is 35.3 Å². The van der Waals surface area contributed by atoms with Crippen molar-refractivity contribution < 1.29 is 4.74 Å². The van der Waals surface area contributed by atoms with E-state index in [1.165, 1.54) is 0 Å². The molecule has 4 nitrogen and oxygen atoms in total. The van der Waals surface area contributed by atoms with Crippen LogP contribution in [0.25, 0.3) is 0 Å². The van der Waals surface area contributed by atoms with E-state index in [1.807, 2.05) is 30.3 Å². The van der Waals surface area contributed by atoms with E-state index in [9.17, 15) is 0 Å². The Morgan fingerprint density at radius 2 is 2.00 bits per heavy atom. The molecule has 0 heterocycles. The minimum Gasteiger partial charge on any atom is -0.375 e. The van der Waals surface area contributed by atoms with Gasteiger partial charge in [0.05, 0.1) is 19.3 Å². The molecule has 1 aromatic rings. The summed E-state index contributed by atoms with van der Waals surface area (Å²) in [6, 6.07) is 10.1. The van der Waals surface area contributed by atoms with Crippen LogP contribution >= 0.6 is 0 Å².